The number of nitrogens with zero attached hydrogens (tertiary/aromatic N) is 2. The Morgan fingerprint density at radius 1 is 1.16 bits per heavy atom. The molecule has 1 fully saturated rings. The molecular formula is C21H15N3O7. The second-order valence-corrected chi connectivity index (χ2v) is 6.75. The number of hydrogen-bond donors (Lipinski definition) is 1. The maximum Gasteiger partial charge on any atom is 0.331 e. The summed E-state index contributed by atoms with van der Waals surface area (Å²) in [5.74, 6) is -0.784. The van der Waals surface area contributed by atoms with E-state index in [1.807, 2.05) is 0 Å². The summed E-state index contributed by atoms with van der Waals surface area (Å²) >= 11 is 0. The van der Waals surface area contributed by atoms with E-state index in [1.54, 1.807) is 37.3 Å². The number of nitro groups is 1. The topological polar surface area (TPSA) is 136 Å². The largest absolute Gasteiger partial charge is 0.467 e. The van der Waals surface area contributed by atoms with Crippen LogP contribution in [0.1, 0.15) is 17.1 Å². The van der Waals surface area contributed by atoms with Crippen molar-refractivity contribution in [1.29, 1.82) is 0 Å². The van der Waals surface area contributed by atoms with Gasteiger partial charge in [-0.05, 0) is 37.3 Å². The fourth-order valence-corrected chi connectivity index (χ4v) is 3.08. The van der Waals surface area contributed by atoms with Crippen molar-refractivity contribution < 1.29 is 28.1 Å². The number of imide groups is 2. The molecular weight excluding hydrogens is 406 g/mol. The predicted octanol–water partition coefficient (Wildman–Crippen LogP) is 3.42. The van der Waals surface area contributed by atoms with Crippen molar-refractivity contribution >= 4 is 29.6 Å². The third kappa shape index (κ3) is 3.86. The molecule has 1 aromatic carbocycles. The van der Waals surface area contributed by atoms with Crippen LogP contribution in [-0.4, -0.2) is 27.7 Å². The zero-order valence-electron chi connectivity index (χ0n) is 16.2. The average molecular weight is 421 g/mol. The molecule has 1 saturated heterocycles. The molecule has 10 heteroatoms. The second-order valence-electron chi connectivity index (χ2n) is 6.75. The highest BCUT2D eigenvalue weighted by Crippen LogP contribution is 2.29. The summed E-state index contributed by atoms with van der Waals surface area (Å²) in [4.78, 5) is 48.5. The number of nitrogens with one attached hydrogen (secondary N) is 1. The van der Waals surface area contributed by atoms with E-state index in [4.69, 9.17) is 8.83 Å². The molecule has 0 aliphatic carbocycles. The maximum absolute atomic E-state index is 12.7. The van der Waals surface area contributed by atoms with E-state index in [-0.39, 0.29) is 23.6 Å². The molecule has 3 aromatic rings. The monoisotopic (exact) mass is 421 g/mol. The maximum atomic E-state index is 12.7. The third-order valence-electron chi connectivity index (χ3n) is 4.68. The Kier molecular flexibility index (Phi) is 4.96. The fourth-order valence-electron chi connectivity index (χ4n) is 3.08. The van der Waals surface area contributed by atoms with Crippen LogP contribution in [0, 0.1) is 17.0 Å². The van der Waals surface area contributed by atoms with Gasteiger partial charge in [0.2, 0.25) is 0 Å². The van der Waals surface area contributed by atoms with Gasteiger partial charge in [-0.25, -0.2) is 4.79 Å². The normalized spacial score (nSPS) is 15.5. The van der Waals surface area contributed by atoms with Crippen LogP contribution in [0.25, 0.3) is 17.4 Å². The highest BCUT2D eigenvalue weighted by molar-refractivity contribution is 6.30. The Hall–Kier alpha value is -4.47. The van der Waals surface area contributed by atoms with Gasteiger partial charge in [0, 0.05) is 17.2 Å². The van der Waals surface area contributed by atoms with Gasteiger partial charge in [0.15, 0.2) is 0 Å². The summed E-state index contributed by atoms with van der Waals surface area (Å²) in [7, 11) is 0. The van der Waals surface area contributed by atoms with E-state index in [2.05, 4.69) is 5.32 Å². The highest BCUT2D eigenvalue weighted by Gasteiger charge is 2.36. The fraction of sp³-hybridized carbons (Fsp3) is 0.0952. The van der Waals surface area contributed by atoms with Crippen molar-refractivity contribution in [3.63, 3.8) is 0 Å². The summed E-state index contributed by atoms with van der Waals surface area (Å²) in [6, 6.07) is 10.1. The number of urea groups is 1. The van der Waals surface area contributed by atoms with Gasteiger partial charge in [0.25, 0.3) is 17.5 Å². The van der Waals surface area contributed by atoms with Crippen molar-refractivity contribution in [3.8, 4) is 11.3 Å². The standard InChI is InChI=1S/C21H15N3O7/c1-12-4-5-13(9-17(12)24(28)29)18-7-6-14(31-18)10-16-19(25)22-21(27)23(20(16)26)11-15-3-2-8-30-15/h2-10H,11H2,1H3,(H,22,25,27). The molecule has 2 aromatic heterocycles. The van der Waals surface area contributed by atoms with Gasteiger partial charge in [-0.1, -0.05) is 12.1 Å². The lowest BCUT2D eigenvalue weighted by Crippen LogP contribution is -2.53. The van der Waals surface area contributed by atoms with E-state index in [9.17, 15) is 24.5 Å². The van der Waals surface area contributed by atoms with Crippen LogP contribution in [0.2, 0.25) is 0 Å². The quantitative estimate of drug-likeness (QED) is 0.288. The zero-order valence-corrected chi connectivity index (χ0v) is 16.2. The molecule has 0 bridgehead atoms. The van der Waals surface area contributed by atoms with Crippen LogP contribution in [0.5, 0.6) is 0 Å². The first kappa shape index (κ1) is 19.8. The number of nitro benzene ring substituents is 1. The molecule has 4 rings (SSSR count). The molecule has 4 amide bonds. The molecule has 0 spiro atoms. The van der Waals surface area contributed by atoms with Crippen molar-refractivity contribution in [1.82, 2.24) is 10.2 Å². The first-order chi connectivity index (χ1) is 14.8. The lowest BCUT2D eigenvalue weighted by Gasteiger charge is -2.25. The van der Waals surface area contributed by atoms with Crippen LogP contribution >= 0.6 is 0 Å². The number of barbiturate groups is 1. The van der Waals surface area contributed by atoms with Gasteiger partial charge in [0.1, 0.15) is 22.9 Å². The minimum Gasteiger partial charge on any atom is -0.467 e. The van der Waals surface area contributed by atoms with Gasteiger partial charge in [-0.2, -0.15) is 0 Å². The SMILES string of the molecule is Cc1ccc(-c2ccc(C=C3C(=O)NC(=O)N(Cc4ccco4)C3=O)o2)cc1[N+](=O)[O-]. The molecule has 10 nitrogen and oxygen atoms in total. The minimum atomic E-state index is -0.852. The molecule has 31 heavy (non-hydrogen) atoms. The summed E-state index contributed by atoms with van der Waals surface area (Å²) in [6.07, 6.45) is 2.62. The van der Waals surface area contributed by atoms with E-state index in [1.165, 1.54) is 24.5 Å². The minimum absolute atomic E-state index is 0.0530. The van der Waals surface area contributed by atoms with Crippen LogP contribution in [0.4, 0.5) is 10.5 Å². The number of amides is 4. The van der Waals surface area contributed by atoms with E-state index in [0.29, 0.717) is 22.6 Å². The lowest BCUT2D eigenvalue weighted by molar-refractivity contribution is -0.385. The number of rotatable bonds is 5. The molecule has 156 valence electrons. The Morgan fingerprint density at radius 2 is 1.97 bits per heavy atom. The van der Waals surface area contributed by atoms with E-state index >= 15 is 0 Å². The van der Waals surface area contributed by atoms with Gasteiger partial charge >= 0.3 is 6.03 Å². The summed E-state index contributed by atoms with van der Waals surface area (Å²) in [6.45, 7) is 1.49. The Balaban J connectivity index is 1.62. The van der Waals surface area contributed by atoms with Crippen molar-refractivity contribution in [3.05, 3.63) is 81.5 Å². The predicted molar refractivity (Wildman–Crippen MR) is 106 cm³/mol. The van der Waals surface area contributed by atoms with Crippen LogP contribution in [-0.2, 0) is 16.1 Å². The number of carbonyl (C=O) groups is 3. The van der Waals surface area contributed by atoms with Gasteiger partial charge in [-0.15, -0.1) is 0 Å². The second kappa shape index (κ2) is 7.75. The lowest BCUT2D eigenvalue weighted by atomic mass is 10.1. The Bertz CT molecular complexity index is 1240. The molecule has 0 atom stereocenters. The Labute approximate surface area is 174 Å². The molecule has 3 heterocycles. The summed E-state index contributed by atoms with van der Waals surface area (Å²) < 4.78 is 10.8. The zero-order chi connectivity index (χ0) is 22.1. The average Bonchev–Trinajstić information content (AvgIpc) is 3.40. The number of benzene rings is 1. The molecule has 1 aliphatic heterocycles. The number of aryl methyl sites for hydroxylation is 1. The van der Waals surface area contributed by atoms with E-state index < -0.39 is 22.8 Å². The smallest absolute Gasteiger partial charge is 0.331 e. The van der Waals surface area contributed by atoms with Crippen molar-refractivity contribution in [2.24, 2.45) is 0 Å². The van der Waals surface area contributed by atoms with Crippen molar-refractivity contribution in [2.45, 2.75) is 13.5 Å². The summed E-state index contributed by atoms with van der Waals surface area (Å²) in [5.41, 5.74) is 0.633. The molecule has 1 aliphatic rings. The number of carbonyl (C=O) groups excluding carboxylic acids is 3. The van der Waals surface area contributed by atoms with Crippen molar-refractivity contribution in [2.75, 3.05) is 0 Å². The molecule has 1 N–H and O–H groups in total. The first-order valence-corrected chi connectivity index (χ1v) is 9.10. The molecule has 0 unspecified atom stereocenters. The number of furan rings is 2. The van der Waals surface area contributed by atoms with Gasteiger partial charge in [0.05, 0.1) is 17.7 Å². The van der Waals surface area contributed by atoms with E-state index in [0.717, 1.165) is 4.90 Å². The molecule has 0 saturated carbocycles. The van der Waals surface area contributed by atoms with Crippen LogP contribution in [0.3, 0.4) is 0 Å². The third-order valence-corrected chi connectivity index (χ3v) is 4.68. The summed E-state index contributed by atoms with van der Waals surface area (Å²) in [5, 5.41) is 13.3. The molecule has 0 radical (unpaired) electrons. The first-order valence-electron chi connectivity index (χ1n) is 9.10. The highest BCUT2D eigenvalue weighted by atomic mass is 16.6. The van der Waals surface area contributed by atoms with Gasteiger partial charge in [-0.3, -0.25) is 29.9 Å². The van der Waals surface area contributed by atoms with Crippen LogP contribution < -0.4 is 5.32 Å². The van der Waals surface area contributed by atoms with Crippen LogP contribution in [0.15, 0.2) is 63.1 Å². The Morgan fingerprint density at radius 3 is 2.68 bits per heavy atom. The number of hydrogen-bond acceptors (Lipinski definition) is 7. The van der Waals surface area contributed by atoms with Gasteiger partial charge < -0.3 is 8.83 Å².